The maximum atomic E-state index is 12.5. The van der Waals surface area contributed by atoms with Crippen LogP contribution in [0.2, 0.25) is 0 Å². The van der Waals surface area contributed by atoms with Crippen LogP contribution < -0.4 is 5.32 Å². The second kappa shape index (κ2) is 8.77. The lowest BCUT2D eigenvalue weighted by Gasteiger charge is -2.20. The zero-order valence-electron chi connectivity index (χ0n) is 14.5. The van der Waals surface area contributed by atoms with E-state index in [4.69, 9.17) is 0 Å². The van der Waals surface area contributed by atoms with E-state index in [9.17, 15) is 9.59 Å². The first-order valence-electron chi connectivity index (χ1n) is 8.69. The average molecular weight is 343 g/mol. The molecule has 0 radical (unpaired) electrons. The number of benzene rings is 3. The number of ketones is 2. The van der Waals surface area contributed by atoms with Gasteiger partial charge < -0.3 is 5.32 Å². The van der Waals surface area contributed by atoms with Crippen molar-refractivity contribution in [2.45, 2.75) is 18.9 Å². The van der Waals surface area contributed by atoms with Crippen molar-refractivity contribution < 1.29 is 9.59 Å². The second-order valence-electron chi connectivity index (χ2n) is 6.18. The molecule has 0 aromatic heterocycles. The van der Waals surface area contributed by atoms with Crippen LogP contribution in [0.3, 0.4) is 0 Å². The third kappa shape index (κ3) is 4.90. The Kier molecular flexibility index (Phi) is 5.94. The summed E-state index contributed by atoms with van der Waals surface area (Å²) < 4.78 is 0. The number of nitrogens with one attached hydrogen (secondary N) is 1. The molecule has 1 atom stereocenters. The van der Waals surface area contributed by atoms with Crippen molar-refractivity contribution in [3.8, 4) is 0 Å². The van der Waals surface area contributed by atoms with Crippen LogP contribution in [-0.4, -0.2) is 11.6 Å². The van der Waals surface area contributed by atoms with Crippen LogP contribution in [0.4, 0.5) is 5.69 Å². The van der Waals surface area contributed by atoms with Gasteiger partial charge in [0.1, 0.15) is 5.78 Å². The Hall–Kier alpha value is -3.20. The highest BCUT2D eigenvalue weighted by molar-refractivity contribution is 6.08. The Morgan fingerprint density at radius 3 is 1.88 bits per heavy atom. The zero-order chi connectivity index (χ0) is 18.2. The summed E-state index contributed by atoms with van der Waals surface area (Å²) in [4.78, 5) is 24.8. The van der Waals surface area contributed by atoms with Crippen molar-refractivity contribution in [3.63, 3.8) is 0 Å². The lowest BCUT2D eigenvalue weighted by atomic mass is 9.97. The summed E-state index contributed by atoms with van der Waals surface area (Å²) >= 11 is 0. The second-order valence-corrected chi connectivity index (χ2v) is 6.18. The quantitative estimate of drug-likeness (QED) is 0.459. The fourth-order valence-electron chi connectivity index (χ4n) is 2.88. The Labute approximate surface area is 153 Å². The van der Waals surface area contributed by atoms with Gasteiger partial charge in [-0.25, -0.2) is 0 Å². The lowest BCUT2D eigenvalue weighted by Crippen LogP contribution is -2.17. The van der Waals surface area contributed by atoms with Crippen molar-refractivity contribution in [2.75, 3.05) is 5.32 Å². The largest absolute Gasteiger partial charge is 0.378 e. The molecule has 0 aliphatic rings. The van der Waals surface area contributed by atoms with Gasteiger partial charge in [0.2, 0.25) is 0 Å². The van der Waals surface area contributed by atoms with Crippen LogP contribution in [0.25, 0.3) is 0 Å². The lowest BCUT2D eigenvalue weighted by molar-refractivity contribution is -0.118. The summed E-state index contributed by atoms with van der Waals surface area (Å²) in [5, 5.41) is 3.41. The van der Waals surface area contributed by atoms with Gasteiger partial charge in [0.25, 0.3) is 0 Å². The van der Waals surface area contributed by atoms with Crippen LogP contribution in [0.5, 0.6) is 0 Å². The van der Waals surface area contributed by atoms with Gasteiger partial charge in [0.05, 0.1) is 12.5 Å². The minimum absolute atomic E-state index is 0.0730. The molecule has 26 heavy (non-hydrogen) atoms. The molecule has 0 unspecified atom stereocenters. The summed E-state index contributed by atoms with van der Waals surface area (Å²) in [5.41, 5.74) is 2.55. The normalized spacial score (nSPS) is 11.5. The molecule has 3 aromatic rings. The van der Waals surface area contributed by atoms with Crippen molar-refractivity contribution >= 4 is 17.3 Å². The van der Waals surface area contributed by atoms with Crippen LogP contribution in [0.1, 0.15) is 34.8 Å². The predicted octanol–water partition coefficient (Wildman–Crippen LogP) is 5.07. The number of rotatable bonds is 8. The van der Waals surface area contributed by atoms with Gasteiger partial charge in [0.15, 0.2) is 5.78 Å². The fourth-order valence-corrected chi connectivity index (χ4v) is 2.88. The minimum Gasteiger partial charge on any atom is -0.378 e. The first kappa shape index (κ1) is 17.6. The molecule has 0 fully saturated rings. The number of hydrogen-bond acceptors (Lipinski definition) is 3. The molecule has 130 valence electrons. The number of anilines is 1. The number of hydrogen-bond donors (Lipinski definition) is 1. The third-order valence-corrected chi connectivity index (χ3v) is 4.20. The molecular formula is C23H21NO2. The van der Waals surface area contributed by atoms with Crippen LogP contribution in [0, 0.1) is 0 Å². The molecule has 0 saturated carbocycles. The smallest absolute Gasteiger partial charge is 0.170 e. The van der Waals surface area contributed by atoms with Gasteiger partial charge in [-0.15, -0.1) is 0 Å². The fraction of sp³-hybridized carbons (Fsp3) is 0.130. The Balaban J connectivity index is 1.71. The Morgan fingerprint density at radius 1 is 0.731 bits per heavy atom. The molecular weight excluding hydrogens is 322 g/mol. The standard InChI is InChI=1S/C23H21NO2/c25-21(17-23(26)19-12-6-2-7-13-19)16-22(18-10-4-1-5-11-18)24-20-14-8-3-9-15-20/h1-15,22,24H,16-17H2/t22-/m1/s1. The molecule has 0 amide bonds. The van der Waals surface area contributed by atoms with Crippen LogP contribution in [0.15, 0.2) is 91.0 Å². The molecule has 1 N–H and O–H groups in total. The topological polar surface area (TPSA) is 46.2 Å². The highest BCUT2D eigenvalue weighted by atomic mass is 16.1. The first-order chi connectivity index (χ1) is 12.7. The highest BCUT2D eigenvalue weighted by Crippen LogP contribution is 2.23. The predicted molar refractivity (Wildman–Crippen MR) is 104 cm³/mol. The maximum absolute atomic E-state index is 12.5. The van der Waals surface area contributed by atoms with E-state index in [0.717, 1.165) is 11.3 Å². The molecule has 3 heteroatoms. The van der Waals surface area contributed by atoms with Gasteiger partial charge in [-0.2, -0.15) is 0 Å². The van der Waals surface area contributed by atoms with E-state index in [1.54, 1.807) is 24.3 Å². The Bertz CT molecular complexity index is 845. The zero-order valence-corrected chi connectivity index (χ0v) is 14.5. The molecule has 0 saturated heterocycles. The van der Waals surface area contributed by atoms with Crippen molar-refractivity contribution in [3.05, 3.63) is 102 Å². The van der Waals surface area contributed by atoms with E-state index >= 15 is 0 Å². The minimum atomic E-state index is -0.172. The molecule has 0 heterocycles. The van der Waals surface area contributed by atoms with E-state index in [-0.39, 0.29) is 30.4 Å². The molecule has 3 aromatic carbocycles. The summed E-state index contributed by atoms with van der Waals surface area (Å²) in [5.74, 6) is -0.210. The molecule has 0 aliphatic carbocycles. The summed E-state index contributed by atoms with van der Waals surface area (Å²) in [6.07, 6.45) is 0.182. The summed E-state index contributed by atoms with van der Waals surface area (Å²) in [7, 11) is 0. The molecule has 0 spiro atoms. The average Bonchev–Trinajstić information content (AvgIpc) is 2.69. The third-order valence-electron chi connectivity index (χ3n) is 4.20. The molecule has 3 nitrogen and oxygen atoms in total. The van der Waals surface area contributed by atoms with Crippen molar-refractivity contribution in [2.24, 2.45) is 0 Å². The highest BCUT2D eigenvalue weighted by Gasteiger charge is 2.18. The Morgan fingerprint density at radius 2 is 1.27 bits per heavy atom. The van der Waals surface area contributed by atoms with E-state index in [0.29, 0.717) is 5.56 Å². The first-order valence-corrected chi connectivity index (χ1v) is 8.69. The van der Waals surface area contributed by atoms with Crippen LogP contribution >= 0.6 is 0 Å². The van der Waals surface area contributed by atoms with E-state index in [1.807, 2.05) is 66.7 Å². The number of Topliss-reactive ketones (excluding diaryl/α,β-unsaturated/α-hetero) is 2. The van der Waals surface area contributed by atoms with Crippen molar-refractivity contribution in [1.29, 1.82) is 0 Å². The molecule has 0 aliphatic heterocycles. The van der Waals surface area contributed by atoms with E-state index in [1.165, 1.54) is 0 Å². The van der Waals surface area contributed by atoms with Gasteiger partial charge in [-0.1, -0.05) is 78.9 Å². The van der Waals surface area contributed by atoms with E-state index < -0.39 is 0 Å². The van der Waals surface area contributed by atoms with Gasteiger partial charge >= 0.3 is 0 Å². The van der Waals surface area contributed by atoms with Crippen molar-refractivity contribution in [1.82, 2.24) is 0 Å². The van der Waals surface area contributed by atoms with Gasteiger partial charge in [-0.3, -0.25) is 9.59 Å². The summed E-state index contributed by atoms with van der Waals surface area (Å²) in [6.45, 7) is 0. The monoisotopic (exact) mass is 343 g/mol. The van der Waals surface area contributed by atoms with E-state index in [2.05, 4.69) is 5.32 Å². The SMILES string of the molecule is O=C(CC(=O)c1ccccc1)C[C@@H](Nc1ccccc1)c1ccccc1. The summed E-state index contributed by atoms with van der Waals surface area (Å²) in [6, 6.07) is 28.4. The number of carbonyl (C=O) groups excluding carboxylic acids is 2. The van der Waals surface area contributed by atoms with Crippen LogP contribution in [-0.2, 0) is 4.79 Å². The number of para-hydroxylation sites is 1. The molecule has 0 bridgehead atoms. The van der Waals surface area contributed by atoms with Gasteiger partial charge in [0, 0.05) is 17.7 Å². The van der Waals surface area contributed by atoms with Gasteiger partial charge in [-0.05, 0) is 17.7 Å². The maximum Gasteiger partial charge on any atom is 0.170 e. The molecule has 3 rings (SSSR count). The number of carbonyl (C=O) groups is 2.